The molecule has 3 N–H and O–H groups in total. The SMILES string of the molecule is CCC(C)N(C(=O)C(Cc1ccc(O)cc1)NC(=O)OC(C)(C)C)C(C(=O)Nc1c(C)cccc1Cl)c1cccc(C)c1C. The van der Waals surface area contributed by atoms with Crippen molar-refractivity contribution < 1.29 is 24.2 Å². The number of phenolic OH excluding ortho intramolecular Hbond substituents is 1. The summed E-state index contributed by atoms with van der Waals surface area (Å²) in [6, 6.07) is 14.9. The van der Waals surface area contributed by atoms with Crippen molar-refractivity contribution in [2.75, 3.05) is 5.32 Å². The van der Waals surface area contributed by atoms with Gasteiger partial charge in [-0.25, -0.2) is 4.79 Å². The molecule has 3 atom stereocenters. The highest BCUT2D eigenvalue weighted by Gasteiger charge is 2.39. The summed E-state index contributed by atoms with van der Waals surface area (Å²) in [5.41, 5.74) is 3.68. The molecule has 0 aliphatic heterocycles. The van der Waals surface area contributed by atoms with Crippen LogP contribution >= 0.6 is 11.6 Å². The van der Waals surface area contributed by atoms with E-state index >= 15 is 0 Å². The van der Waals surface area contributed by atoms with Gasteiger partial charge in [-0.05, 0) is 101 Å². The number of amides is 3. The molecule has 3 aromatic carbocycles. The van der Waals surface area contributed by atoms with Gasteiger partial charge in [0.1, 0.15) is 23.4 Å². The fraction of sp³-hybridized carbons (Fsp3) is 0.400. The number of anilines is 1. The van der Waals surface area contributed by atoms with Crippen LogP contribution in [-0.4, -0.2) is 45.6 Å². The lowest BCUT2D eigenvalue weighted by Crippen LogP contribution is -2.55. The van der Waals surface area contributed by atoms with Gasteiger partial charge in [-0.1, -0.05) is 61.0 Å². The first-order chi connectivity index (χ1) is 20.6. The summed E-state index contributed by atoms with van der Waals surface area (Å²) in [5.74, 6) is -0.793. The fourth-order valence-electron chi connectivity index (χ4n) is 4.96. The molecule has 0 spiro atoms. The topological polar surface area (TPSA) is 108 Å². The van der Waals surface area contributed by atoms with Crippen LogP contribution in [0.3, 0.4) is 0 Å². The molecule has 3 rings (SSSR count). The van der Waals surface area contributed by atoms with E-state index in [1.54, 1.807) is 49.9 Å². The molecule has 0 bridgehead atoms. The number of nitrogens with zero attached hydrogens (tertiary/aromatic N) is 1. The average Bonchev–Trinajstić information content (AvgIpc) is 2.94. The van der Waals surface area contributed by atoms with E-state index in [1.165, 1.54) is 12.1 Å². The van der Waals surface area contributed by atoms with Crippen LogP contribution in [0, 0.1) is 20.8 Å². The first kappa shape index (κ1) is 34.5. The molecule has 0 radical (unpaired) electrons. The van der Waals surface area contributed by atoms with Gasteiger partial charge in [0.25, 0.3) is 5.91 Å². The van der Waals surface area contributed by atoms with Crippen LogP contribution in [0.2, 0.25) is 5.02 Å². The van der Waals surface area contributed by atoms with Crippen molar-refractivity contribution in [2.45, 2.75) is 92.0 Å². The summed E-state index contributed by atoms with van der Waals surface area (Å²) < 4.78 is 5.52. The third-order valence-corrected chi connectivity index (χ3v) is 7.94. The number of hydrogen-bond donors (Lipinski definition) is 3. The number of phenols is 1. The number of aromatic hydroxyl groups is 1. The minimum atomic E-state index is -1.08. The number of carbonyl (C=O) groups is 3. The van der Waals surface area contributed by atoms with Crippen molar-refractivity contribution in [2.24, 2.45) is 0 Å². The fourth-order valence-corrected chi connectivity index (χ4v) is 5.23. The molecule has 3 amide bonds. The number of para-hydroxylation sites is 1. The summed E-state index contributed by atoms with van der Waals surface area (Å²) in [6.07, 6.45) is -0.0990. The molecule has 0 saturated heterocycles. The quantitative estimate of drug-likeness (QED) is 0.218. The van der Waals surface area contributed by atoms with E-state index in [0.29, 0.717) is 28.3 Å². The molecule has 3 aromatic rings. The molecule has 9 heteroatoms. The Labute approximate surface area is 265 Å². The van der Waals surface area contributed by atoms with Gasteiger partial charge in [0, 0.05) is 12.5 Å². The van der Waals surface area contributed by atoms with Crippen molar-refractivity contribution in [1.82, 2.24) is 10.2 Å². The molecule has 0 saturated carbocycles. The number of halogens is 1. The van der Waals surface area contributed by atoms with E-state index in [4.69, 9.17) is 16.3 Å². The Morgan fingerprint density at radius 3 is 2.16 bits per heavy atom. The minimum Gasteiger partial charge on any atom is -0.508 e. The van der Waals surface area contributed by atoms with Crippen LogP contribution < -0.4 is 10.6 Å². The highest BCUT2D eigenvalue weighted by Crippen LogP contribution is 2.33. The molecule has 0 heterocycles. The van der Waals surface area contributed by atoms with E-state index in [2.05, 4.69) is 10.6 Å². The lowest BCUT2D eigenvalue weighted by molar-refractivity contribution is -0.143. The monoisotopic (exact) mass is 621 g/mol. The van der Waals surface area contributed by atoms with E-state index in [0.717, 1.165) is 16.7 Å². The highest BCUT2D eigenvalue weighted by atomic mass is 35.5. The second-order valence-electron chi connectivity index (χ2n) is 12.2. The lowest BCUT2D eigenvalue weighted by atomic mass is 9.93. The van der Waals surface area contributed by atoms with Crippen molar-refractivity contribution in [3.05, 3.63) is 93.5 Å². The molecule has 44 heavy (non-hydrogen) atoms. The molecular weight excluding hydrogens is 578 g/mol. The Hall–Kier alpha value is -4.04. The van der Waals surface area contributed by atoms with Crippen LogP contribution in [-0.2, 0) is 20.7 Å². The molecular formula is C35H44ClN3O5. The Morgan fingerprint density at radius 2 is 1.57 bits per heavy atom. The second kappa shape index (κ2) is 14.6. The number of nitrogens with one attached hydrogen (secondary N) is 2. The van der Waals surface area contributed by atoms with Gasteiger partial charge >= 0.3 is 6.09 Å². The average molecular weight is 622 g/mol. The Kier molecular flexibility index (Phi) is 11.4. The standard InChI is InChI=1S/C35H44ClN3O5/c1-9-23(4)39(33(42)29(37-34(43)44-35(6,7)8)20-25-16-18-26(40)19-17-25)31(27-14-10-12-21(2)24(27)5)32(41)38-30-22(3)13-11-15-28(30)36/h10-19,23,29,31,40H,9,20H2,1-8H3,(H,37,43)(H,38,41). The zero-order chi connectivity index (χ0) is 32.8. The molecule has 0 aliphatic rings. The highest BCUT2D eigenvalue weighted by molar-refractivity contribution is 6.34. The Morgan fingerprint density at radius 1 is 0.955 bits per heavy atom. The Balaban J connectivity index is 2.16. The number of ether oxygens (including phenoxy) is 1. The smallest absolute Gasteiger partial charge is 0.408 e. The summed E-state index contributed by atoms with van der Waals surface area (Å²) in [4.78, 5) is 43.7. The van der Waals surface area contributed by atoms with Gasteiger partial charge in [-0.2, -0.15) is 0 Å². The third-order valence-electron chi connectivity index (χ3n) is 7.62. The Bertz CT molecular complexity index is 1460. The van der Waals surface area contributed by atoms with Crippen LogP contribution in [0.1, 0.15) is 74.9 Å². The van der Waals surface area contributed by atoms with Crippen molar-refractivity contribution >= 4 is 35.2 Å². The number of rotatable bonds is 10. The maximum atomic E-state index is 14.7. The van der Waals surface area contributed by atoms with Gasteiger partial charge in [0.05, 0.1) is 10.7 Å². The molecule has 3 unspecified atom stereocenters. The van der Waals surface area contributed by atoms with Crippen LogP contribution in [0.25, 0.3) is 0 Å². The maximum absolute atomic E-state index is 14.7. The molecule has 0 fully saturated rings. The number of benzene rings is 3. The van der Waals surface area contributed by atoms with Gasteiger partial charge < -0.3 is 25.4 Å². The van der Waals surface area contributed by atoms with Gasteiger partial charge in [-0.3, -0.25) is 9.59 Å². The molecule has 0 aliphatic carbocycles. The summed E-state index contributed by atoms with van der Waals surface area (Å²) >= 11 is 6.50. The maximum Gasteiger partial charge on any atom is 0.408 e. The first-order valence-electron chi connectivity index (χ1n) is 14.8. The van der Waals surface area contributed by atoms with Gasteiger partial charge in [0.2, 0.25) is 5.91 Å². The van der Waals surface area contributed by atoms with E-state index in [1.807, 2.05) is 58.9 Å². The zero-order valence-corrected chi connectivity index (χ0v) is 27.6. The van der Waals surface area contributed by atoms with E-state index < -0.39 is 41.6 Å². The summed E-state index contributed by atoms with van der Waals surface area (Å²) in [5, 5.41) is 16.0. The van der Waals surface area contributed by atoms with Gasteiger partial charge in [0.15, 0.2) is 0 Å². The van der Waals surface area contributed by atoms with E-state index in [9.17, 15) is 19.5 Å². The number of carbonyl (C=O) groups excluding carboxylic acids is 3. The number of hydrogen-bond acceptors (Lipinski definition) is 5. The van der Waals surface area contributed by atoms with Crippen LogP contribution in [0.15, 0.2) is 60.7 Å². The predicted octanol–water partition coefficient (Wildman–Crippen LogP) is 7.41. The van der Waals surface area contributed by atoms with Crippen molar-refractivity contribution in [3.63, 3.8) is 0 Å². The normalized spacial score (nSPS) is 13.4. The number of aryl methyl sites for hydroxylation is 2. The number of alkyl carbamates (subject to hydrolysis) is 1. The summed E-state index contributed by atoms with van der Waals surface area (Å²) in [7, 11) is 0. The lowest BCUT2D eigenvalue weighted by Gasteiger charge is -2.39. The largest absolute Gasteiger partial charge is 0.508 e. The molecule has 236 valence electrons. The van der Waals surface area contributed by atoms with Crippen molar-refractivity contribution in [3.8, 4) is 5.75 Å². The third kappa shape index (κ3) is 8.76. The van der Waals surface area contributed by atoms with E-state index in [-0.39, 0.29) is 12.2 Å². The minimum absolute atomic E-state index is 0.0829. The van der Waals surface area contributed by atoms with Crippen molar-refractivity contribution in [1.29, 1.82) is 0 Å². The van der Waals surface area contributed by atoms with Crippen LogP contribution in [0.5, 0.6) is 5.75 Å². The molecule has 8 nitrogen and oxygen atoms in total. The zero-order valence-electron chi connectivity index (χ0n) is 26.8. The first-order valence-corrected chi connectivity index (χ1v) is 15.2. The predicted molar refractivity (Wildman–Crippen MR) is 175 cm³/mol. The summed E-state index contributed by atoms with van der Waals surface area (Å²) in [6.45, 7) is 14.8. The van der Waals surface area contributed by atoms with Gasteiger partial charge in [-0.15, -0.1) is 0 Å². The molecule has 0 aromatic heterocycles. The second-order valence-corrected chi connectivity index (χ2v) is 12.6. The van der Waals surface area contributed by atoms with Crippen LogP contribution in [0.4, 0.5) is 10.5 Å².